The first-order valence-electron chi connectivity index (χ1n) is 8.24. The van der Waals surface area contributed by atoms with Crippen molar-refractivity contribution in [1.29, 1.82) is 0 Å². The molecule has 0 saturated heterocycles. The molecule has 142 valence electrons. The van der Waals surface area contributed by atoms with Gasteiger partial charge >= 0.3 is 0 Å². The van der Waals surface area contributed by atoms with Gasteiger partial charge in [-0.2, -0.15) is 5.10 Å². The number of hydrogen-bond acceptors (Lipinski definition) is 6. The number of nitrogens with two attached hydrogens (primary N) is 2. The molecule has 27 heavy (non-hydrogen) atoms. The molecule has 1 atom stereocenters. The first-order valence-corrected chi connectivity index (χ1v) is 8.65. The highest BCUT2D eigenvalue weighted by Gasteiger charge is 2.35. The largest absolute Gasteiger partial charge is 0.385 e. The molecular formula is C17H22N8OS. The monoisotopic (exact) mass is 386 g/mol. The van der Waals surface area contributed by atoms with Crippen LogP contribution in [-0.2, 0) is 4.79 Å². The van der Waals surface area contributed by atoms with Crippen molar-refractivity contribution < 1.29 is 4.79 Å². The summed E-state index contributed by atoms with van der Waals surface area (Å²) in [6, 6.07) is 7.93. The minimum Gasteiger partial charge on any atom is -0.385 e. The molecule has 0 fully saturated rings. The van der Waals surface area contributed by atoms with E-state index in [0.717, 1.165) is 22.5 Å². The molecule has 0 bridgehead atoms. The number of H-pyrrole nitrogens is 1. The number of carbonyl (C=O) groups is 1. The second-order valence-electron chi connectivity index (χ2n) is 6.43. The number of rotatable bonds is 3. The second kappa shape index (κ2) is 7.16. The van der Waals surface area contributed by atoms with Crippen molar-refractivity contribution in [3.05, 3.63) is 52.5 Å². The fourth-order valence-corrected chi connectivity index (χ4v) is 3.17. The average molecular weight is 386 g/mol. The van der Waals surface area contributed by atoms with Crippen LogP contribution in [0, 0.1) is 6.92 Å². The molecule has 0 saturated carbocycles. The fraction of sp³-hybridized carbons (Fsp3) is 0.235. The molecule has 2 aromatic rings. The van der Waals surface area contributed by atoms with E-state index in [2.05, 4.69) is 26.4 Å². The first kappa shape index (κ1) is 18.5. The van der Waals surface area contributed by atoms with Crippen LogP contribution < -0.4 is 32.5 Å². The van der Waals surface area contributed by atoms with Crippen molar-refractivity contribution in [2.75, 3.05) is 24.3 Å². The van der Waals surface area contributed by atoms with E-state index >= 15 is 0 Å². The number of amides is 1. The Kier molecular flexibility index (Phi) is 4.91. The third kappa shape index (κ3) is 3.51. The van der Waals surface area contributed by atoms with Gasteiger partial charge in [0.2, 0.25) is 0 Å². The van der Waals surface area contributed by atoms with Crippen molar-refractivity contribution in [2.24, 2.45) is 11.5 Å². The summed E-state index contributed by atoms with van der Waals surface area (Å²) < 4.78 is 0. The van der Waals surface area contributed by atoms with E-state index in [-0.39, 0.29) is 10.9 Å². The lowest BCUT2D eigenvalue weighted by molar-refractivity contribution is -0.118. The minimum absolute atomic E-state index is 0.0432. The Hall–Kier alpha value is -3.27. The second-order valence-corrected chi connectivity index (χ2v) is 6.87. The molecule has 1 aromatic heterocycles. The van der Waals surface area contributed by atoms with Crippen molar-refractivity contribution in [3.63, 3.8) is 0 Å². The van der Waals surface area contributed by atoms with Gasteiger partial charge in [0.15, 0.2) is 10.9 Å². The van der Waals surface area contributed by atoms with E-state index in [9.17, 15) is 4.79 Å². The van der Waals surface area contributed by atoms with Crippen molar-refractivity contribution in [3.8, 4) is 0 Å². The number of anilines is 2. The van der Waals surface area contributed by atoms with Gasteiger partial charge in [0.25, 0.3) is 5.91 Å². The van der Waals surface area contributed by atoms with Gasteiger partial charge in [0.05, 0.1) is 5.57 Å². The first-order chi connectivity index (χ1) is 12.8. The summed E-state index contributed by atoms with van der Waals surface area (Å²) in [6.07, 6.45) is 0. The minimum atomic E-state index is -0.430. The summed E-state index contributed by atoms with van der Waals surface area (Å²) in [5.74, 6) is -0.00596. The maximum absolute atomic E-state index is 12.8. The van der Waals surface area contributed by atoms with Crippen LogP contribution in [0.25, 0.3) is 0 Å². The fourth-order valence-electron chi connectivity index (χ4n) is 3.12. The molecule has 1 aliphatic rings. The molecule has 9 nitrogen and oxygen atoms in total. The number of carbonyl (C=O) groups excluding carboxylic acids is 1. The summed E-state index contributed by atoms with van der Waals surface area (Å²) in [5.41, 5.74) is 20.5. The number of nitrogens with one attached hydrogen (secondary N) is 4. The van der Waals surface area contributed by atoms with Gasteiger partial charge in [0.1, 0.15) is 5.82 Å². The average Bonchev–Trinajstić information content (AvgIpc) is 2.99. The van der Waals surface area contributed by atoms with Crippen molar-refractivity contribution in [1.82, 2.24) is 21.0 Å². The van der Waals surface area contributed by atoms with Crippen LogP contribution in [0.4, 0.5) is 11.5 Å². The van der Waals surface area contributed by atoms with E-state index in [4.69, 9.17) is 23.7 Å². The molecule has 0 spiro atoms. The zero-order valence-corrected chi connectivity index (χ0v) is 16.1. The zero-order chi connectivity index (χ0) is 19.7. The van der Waals surface area contributed by atoms with Crippen LogP contribution in [0.2, 0.25) is 0 Å². The number of aromatic amines is 1. The smallest absolute Gasteiger partial charge is 0.270 e. The maximum atomic E-state index is 12.8. The highest BCUT2D eigenvalue weighted by molar-refractivity contribution is 7.80. The summed E-state index contributed by atoms with van der Waals surface area (Å²) >= 11 is 4.75. The zero-order valence-electron chi connectivity index (χ0n) is 15.3. The molecular weight excluding hydrogens is 364 g/mol. The molecule has 0 aliphatic carbocycles. The van der Waals surface area contributed by atoms with Gasteiger partial charge in [-0.05, 0) is 36.8 Å². The van der Waals surface area contributed by atoms with E-state index in [1.54, 1.807) is 0 Å². The standard InChI is InChI=1S/C17H22N8OS/c1-8-11-12(9-4-6-10(7-5-9)25(2)3)13(16(26)23-24-17(19)27)14(18)20-15(11)22-21-8/h4-7,12H,18H2,1-3H3,(H,23,26)(H3,19,24,27)(H2,20,21,22). The van der Waals surface area contributed by atoms with E-state index in [1.807, 2.05) is 50.2 Å². The van der Waals surface area contributed by atoms with Gasteiger partial charge < -0.3 is 21.7 Å². The Balaban J connectivity index is 2.08. The van der Waals surface area contributed by atoms with Crippen LogP contribution in [-0.4, -0.2) is 35.3 Å². The number of aromatic nitrogens is 2. The number of hydrazine groups is 1. The highest BCUT2D eigenvalue weighted by atomic mass is 32.1. The predicted molar refractivity (Wildman–Crippen MR) is 109 cm³/mol. The van der Waals surface area contributed by atoms with Gasteiger partial charge in [-0.3, -0.25) is 20.7 Å². The van der Waals surface area contributed by atoms with Gasteiger partial charge in [-0.25, -0.2) is 0 Å². The van der Waals surface area contributed by atoms with E-state index in [1.165, 1.54) is 0 Å². The Morgan fingerprint density at radius 1 is 1.26 bits per heavy atom. The lowest BCUT2D eigenvalue weighted by Crippen LogP contribution is -2.46. The van der Waals surface area contributed by atoms with Crippen molar-refractivity contribution >= 4 is 34.7 Å². The van der Waals surface area contributed by atoms with Gasteiger partial charge in [-0.1, -0.05) is 12.1 Å². The van der Waals surface area contributed by atoms with Crippen LogP contribution in [0.5, 0.6) is 0 Å². The Bertz CT molecular complexity index is 916. The number of nitrogens with zero attached hydrogens (tertiary/aromatic N) is 2. The molecule has 2 heterocycles. The normalized spacial score (nSPS) is 15.6. The summed E-state index contributed by atoms with van der Waals surface area (Å²) in [7, 11) is 3.94. The number of thiocarbonyl (C=S) groups is 1. The molecule has 3 rings (SSSR count). The predicted octanol–water partition coefficient (Wildman–Crippen LogP) is 0.376. The Morgan fingerprint density at radius 2 is 1.93 bits per heavy atom. The SMILES string of the molecule is Cc1[nH]nc2c1C(c1ccc(N(C)C)cc1)C(C(=O)NNC(N)=S)=C(N)N2. The molecule has 1 unspecified atom stereocenters. The Morgan fingerprint density at radius 3 is 2.52 bits per heavy atom. The number of hydrogen-bond donors (Lipinski definition) is 6. The summed E-state index contributed by atoms with van der Waals surface area (Å²) in [4.78, 5) is 14.8. The number of benzene rings is 1. The van der Waals surface area contributed by atoms with Crippen LogP contribution in [0.1, 0.15) is 22.7 Å². The lowest BCUT2D eigenvalue weighted by Gasteiger charge is -2.28. The molecule has 1 aromatic carbocycles. The molecule has 1 amide bonds. The molecule has 1 aliphatic heterocycles. The maximum Gasteiger partial charge on any atom is 0.270 e. The summed E-state index contributed by atoms with van der Waals surface area (Å²) in [6.45, 7) is 1.90. The third-order valence-electron chi connectivity index (χ3n) is 4.40. The number of fused-ring (bicyclic) bond motifs is 1. The van der Waals surface area contributed by atoms with Crippen LogP contribution >= 0.6 is 12.2 Å². The highest BCUT2D eigenvalue weighted by Crippen LogP contribution is 2.41. The lowest BCUT2D eigenvalue weighted by atomic mass is 9.82. The van der Waals surface area contributed by atoms with Gasteiger partial charge in [-0.15, -0.1) is 0 Å². The molecule has 8 N–H and O–H groups in total. The van der Waals surface area contributed by atoms with E-state index < -0.39 is 11.8 Å². The van der Waals surface area contributed by atoms with Gasteiger partial charge in [0, 0.05) is 37.0 Å². The molecule has 0 radical (unpaired) electrons. The Labute approximate surface area is 162 Å². The summed E-state index contributed by atoms with van der Waals surface area (Å²) in [5, 5.41) is 10.1. The van der Waals surface area contributed by atoms with Crippen LogP contribution in [0.3, 0.4) is 0 Å². The number of aryl methyl sites for hydroxylation is 1. The topological polar surface area (TPSA) is 137 Å². The van der Waals surface area contributed by atoms with E-state index in [0.29, 0.717) is 11.4 Å². The van der Waals surface area contributed by atoms with Crippen molar-refractivity contribution in [2.45, 2.75) is 12.8 Å². The van der Waals surface area contributed by atoms with Crippen LogP contribution in [0.15, 0.2) is 35.7 Å². The third-order valence-corrected chi connectivity index (χ3v) is 4.50. The quantitative estimate of drug-likeness (QED) is 0.329. The molecule has 10 heteroatoms.